The molecule has 0 heterocycles. The van der Waals surface area contributed by atoms with Gasteiger partial charge in [-0.15, -0.1) is 5.92 Å². The molecule has 0 aromatic rings. The molecule has 0 radical (unpaired) electrons. The van der Waals surface area contributed by atoms with Crippen LogP contribution in [0.1, 0.15) is 12.8 Å². The maximum absolute atomic E-state index is 5.29. The van der Waals surface area contributed by atoms with E-state index in [1.165, 1.54) is 0 Å². The van der Waals surface area contributed by atoms with Crippen LogP contribution in [0.25, 0.3) is 0 Å². The lowest BCUT2D eigenvalue weighted by atomic mass is 10.3. The van der Waals surface area contributed by atoms with Crippen LogP contribution in [0.15, 0.2) is 0 Å². The Balaban J connectivity index is 3.14. The van der Waals surface area contributed by atoms with Crippen molar-refractivity contribution in [2.45, 2.75) is 12.8 Å². The maximum atomic E-state index is 5.29. The van der Waals surface area contributed by atoms with Crippen molar-refractivity contribution in [3.63, 3.8) is 0 Å². The molecule has 0 amide bonds. The van der Waals surface area contributed by atoms with Crippen LogP contribution in [-0.4, -0.2) is 32.1 Å². The molecule has 0 aliphatic carbocycles. The molecule has 0 bridgehead atoms. The van der Waals surface area contributed by atoms with Crippen molar-refractivity contribution in [2.24, 2.45) is 5.73 Å². The topological polar surface area (TPSA) is 29.3 Å². The highest BCUT2D eigenvalue weighted by Gasteiger charge is 1.80. The van der Waals surface area contributed by atoms with Crippen LogP contribution in [-0.2, 0) is 0 Å². The summed E-state index contributed by atoms with van der Waals surface area (Å²) in [5.74, 6) is 6.09. The molecule has 2 heteroatoms. The summed E-state index contributed by atoms with van der Waals surface area (Å²) >= 11 is 0. The Labute approximate surface area is 63.4 Å². The van der Waals surface area contributed by atoms with Crippen LogP contribution in [0.3, 0.4) is 0 Å². The van der Waals surface area contributed by atoms with Crippen molar-refractivity contribution >= 4 is 0 Å². The van der Waals surface area contributed by atoms with Crippen molar-refractivity contribution in [3.8, 4) is 11.8 Å². The molecule has 0 aliphatic rings. The summed E-state index contributed by atoms with van der Waals surface area (Å²) < 4.78 is 0. The van der Waals surface area contributed by atoms with E-state index in [0.29, 0.717) is 0 Å². The first kappa shape index (κ1) is 9.48. The fourth-order valence-electron chi connectivity index (χ4n) is 0.493. The lowest BCUT2D eigenvalue weighted by molar-refractivity contribution is 0.463. The van der Waals surface area contributed by atoms with Gasteiger partial charge in [-0.05, 0) is 27.1 Å². The molecule has 0 unspecified atom stereocenters. The standard InChI is InChI=1S/C8H16N2/c1-10(2)8-6-4-3-5-7-9/h3,5,7-9H2,1-2H3. The summed E-state index contributed by atoms with van der Waals surface area (Å²) in [5, 5.41) is 0. The SMILES string of the molecule is CN(C)CC#CCCCN. The smallest absolute Gasteiger partial charge is 0.0596 e. The minimum atomic E-state index is 0.747. The molecule has 0 aliphatic heterocycles. The van der Waals surface area contributed by atoms with Crippen LogP contribution >= 0.6 is 0 Å². The number of nitrogens with two attached hydrogens (primary N) is 1. The number of rotatable bonds is 3. The number of unbranched alkanes of at least 4 members (excludes halogenated alkanes) is 1. The molecule has 2 nitrogen and oxygen atoms in total. The van der Waals surface area contributed by atoms with Gasteiger partial charge in [-0.2, -0.15) is 0 Å². The van der Waals surface area contributed by atoms with Gasteiger partial charge in [0.25, 0.3) is 0 Å². The van der Waals surface area contributed by atoms with Crippen LogP contribution in [0, 0.1) is 11.8 Å². The quantitative estimate of drug-likeness (QED) is 0.451. The highest BCUT2D eigenvalue weighted by molar-refractivity contribution is 5.00. The third-order valence-corrected chi connectivity index (χ3v) is 1.03. The van der Waals surface area contributed by atoms with Crippen LogP contribution < -0.4 is 5.73 Å². The average Bonchev–Trinajstić information content (AvgIpc) is 1.87. The highest BCUT2D eigenvalue weighted by atomic mass is 15.0. The van der Waals surface area contributed by atoms with Gasteiger partial charge in [0.1, 0.15) is 0 Å². The van der Waals surface area contributed by atoms with Gasteiger partial charge in [0.05, 0.1) is 6.54 Å². The van der Waals surface area contributed by atoms with E-state index in [-0.39, 0.29) is 0 Å². The van der Waals surface area contributed by atoms with Crippen molar-refractivity contribution in [1.82, 2.24) is 4.90 Å². The van der Waals surface area contributed by atoms with Crippen molar-refractivity contribution in [3.05, 3.63) is 0 Å². The van der Waals surface area contributed by atoms with E-state index in [0.717, 1.165) is 25.9 Å². The van der Waals surface area contributed by atoms with Crippen molar-refractivity contribution in [2.75, 3.05) is 27.2 Å². The van der Waals surface area contributed by atoms with Gasteiger partial charge in [-0.3, -0.25) is 4.90 Å². The van der Waals surface area contributed by atoms with E-state index in [4.69, 9.17) is 5.73 Å². The van der Waals surface area contributed by atoms with Gasteiger partial charge in [-0.25, -0.2) is 0 Å². The van der Waals surface area contributed by atoms with Crippen LogP contribution in [0.4, 0.5) is 0 Å². The first-order valence-corrected chi connectivity index (χ1v) is 3.58. The molecule has 2 N–H and O–H groups in total. The summed E-state index contributed by atoms with van der Waals surface area (Å²) in [5.41, 5.74) is 5.29. The molecule has 0 spiro atoms. The van der Waals surface area contributed by atoms with E-state index < -0.39 is 0 Å². The maximum Gasteiger partial charge on any atom is 0.0596 e. The van der Waals surface area contributed by atoms with E-state index >= 15 is 0 Å². The second-order valence-electron chi connectivity index (χ2n) is 2.48. The Kier molecular flexibility index (Phi) is 6.25. The molecule has 0 fully saturated rings. The second-order valence-corrected chi connectivity index (χ2v) is 2.48. The molecule has 58 valence electrons. The molecule has 0 saturated heterocycles. The normalized spacial score (nSPS) is 9.20. The Morgan fingerprint density at radius 2 is 2.00 bits per heavy atom. The van der Waals surface area contributed by atoms with E-state index in [2.05, 4.69) is 16.7 Å². The zero-order chi connectivity index (χ0) is 7.82. The van der Waals surface area contributed by atoms with Crippen molar-refractivity contribution < 1.29 is 0 Å². The summed E-state index contributed by atoms with van der Waals surface area (Å²) in [6.07, 6.45) is 1.95. The van der Waals surface area contributed by atoms with Crippen molar-refractivity contribution in [1.29, 1.82) is 0 Å². The van der Waals surface area contributed by atoms with Gasteiger partial charge in [0.15, 0.2) is 0 Å². The first-order valence-electron chi connectivity index (χ1n) is 3.58. The molecule has 0 rings (SSSR count). The molecular formula is C8H16N2. The number of hydrogen-bond acceptors (Lipinski definition) is 2. The molecule has 0 saturated carbocycles. The predicted octanol–water partition coefficient (Wildman–Crippen LogP) is 0.290. The monoisotopic (exact) mass is 140 g/mol. The minimum absolute atomic E-state index is 0.747. The summed E-state index contributed by atoms with van der Waals surface area (Å²) in [6.45, 7) is 1.60. The van der Waals surface area contributed by atoms with Crippen LogP contribution in [0.2, 0.25) is 0 Å². The third kappa shape index (κ3) is 7.48. The van der Waals surface area contributed by atoms with Gasteiger partial charge in [-0.1, -0.05) is 5.92 Å². The summed E-state index contributed by atoms with van der Waals surface area (Å²) in [4.78, 5) is 2.05. The number of nitrogens with zero attached hydrogens (tertiary/aromatic N) is 1. The van der Waals surface area contributed by atoms with E-state index in [1.807, 2.05) is 14.1 Å². The van der Waals surface area contributed by atoms with Crippen LogP contribution in [0.5, 0.6) is 0 Å². The molecule has 0 aromatic heterocycles. The zero-order valence-electron chi connectivity index (χ0n) is 6.85. The Morgan fingerprint density at radius 1 is 1.30 bits per heavy atom. The molecule has 0 aromatic carbocycles. The average molecular weight is 140 g/mol. The van der Waals surface area contributed by atoms with Gasteiger partial charge < -0.3 is 5.73 Å². The van der Waals surface area contributed by atoms with Gasteiger partial charge >= 0.3 is 0 Å². The third-order valence-electron chi connectivity index (χ3n) is 1.03. The summed E-state index contributed by atoms with van der Waals surface area (Å²) in [7, 11) is 4.02. The minimum Gasteiger partial charge on any atom is -0.330 e. The Morgan fingerprint density at radius 3 is 2.50 bits per heavy atom. The summed E-state index contributed by atoms with van der Waals surface area (Å²) in [6, 6.07) is 0. The second kappa shape index (κ2) is 6.60. The molecule has 0 atom stereocenters. The fourth-order valence-corrected chi connectivity index (χ4v) is 0.493. The lowest BCUT2D eigenvalue weighted by Crippen LogP contribution is -2.10. The number of hydrogen-bond donors (Lipinski definition) is 1. The van der Waals surface area contributed by atoms with E-state index in [1.54, 1.807) is 0 Å². The van der Waals surface area contributed by atoms with Gasteiger partial charge in [0.2, 0.25) is 0 Å². The predicted molar refractivity (Wildman–Crippen MR) is 44.6 cm³/mol. The van der Waals surface area contributed by atoms with E-state index in [9.17, 15) is 0 Å². The zero-order valence-corrected chi connectivity index (χ0v) is 6.85. The first-order chi connectivity index (χ1) is 4.77. The molecular weight excluding hydrogens is 124 g/mol. The Hall–Kier alpha value is -0.520. The molecule has 10 heavy (non-hydrogen) atoms. The van der Waals surface area contributed by atoms with Gasteiger partial charge in [0, 0.05) is 6.42 Å². The highest BCUT2D eigenvalue weighted by Crippen LogP contribution is 1.80. The fraction of sp³-hybridized carbons (Fsp3) is 0.750. The lowest BCUT2D eigenvalue weighted by Gasteiger charge is -2.00. The Bertz CT molecular complexity index is 119. The largest absolute Gasteiger partial charge is 0.330 e.